The van der Waals surface area contributed by atoms with Crippen molar-refractivity contribution in [3.05, 3.63) is 19.1 Å². The topological polar surface area (TPSA) is 3.24 Å². The van der Waals surface area contributed by atoms with Gasteiger partial charge in [-0.3, -0.25) is 0 Å². The standard InChI is InChI=1S/C11H20N/c1-2-3-4-6-9-12-10-7-5-8-11-12/h3-4H,1-2,5-11H2/b4-3+. The van der Waals surface area contributed by atoms with Crippen molar-refractivity contribution in [2.75, 3.05) is 19.6 Å². The smallest absolute Gasteiger partial charge is 0.00159 e. The van der Waals surface area contributed by atoms with Crippen molar-refractivity contribution in [3.63, 3.8) is 0 Å². The molecule has 0 aromatic heterocycles. The van der Waals surface area contributed by atoms with Crippen LogP contribution in [0.4, 0.5) is 0 Å². The Kier molecular flexibility index (Phi) is 5.09. The van der Waals surface area contributed by atoms with Gasteiger partial charge in [0.2, 0.25) is 0 Å². The minimum absolute atomic E-state index is 0.931. The van der Waals surface area contributed by atoms with Crippen LogP contribution in [0.25, 0.3) is 0 Å². The molecule has 0 atom stereocenters. The Bertz CT molecular complexity index is 123. The van der Waals surface area contributed by atoms with E-state index in [2.05, 4.69) is 24.0 Å². The zero-order chi connectivity index (χ0) is 8.65. The third kappa shape index (κ3) is 3.91. The molecular formula is C11H20N. The summed E-state index contributed by atoms with van der Waals surface area (Å²) in [5.74, 6) is 0. The van der Waals surface area contributed by atoms with E-state index in [-0.39, 0.29) is 0 Å². The molecule has 1 saturated heterocycles. The van der Waals surface area contributed by atoms with Gasteiger partial charge in [0, 0.05) is 6.54 Å². The van der Waals surface area contributed by atoms with Crippen LogP contribution in [0.15, 0.2) is 12.2 Å². The summed E-state index contributed by atoms with van der Waals surface area (Å²) in [7, 11) is 0. The molecule has 0 N–H and O–H groups in total. The maximum atomic E-state index is 3.77. The van der Waals surface area contributed by atoms with Crippen molar-refractivity contribution in [3.8, 4) is 0 Å². The highest BCUT2D eigenvalue weighted by atomic mass is 15.1. The van der Waals surface area contributed by atoms with Crippen molar-refractivity contribution in [1.29, 1.82) is 0 Å². The number of hydrogen-bond donors (Lipinski definition) is 0. The molecule has 1 heterocycles. The van der Waals surface area contributed by atoms with Gasteiger partial charge in [-0.1, -0.05) is 18.6 Å². The van der Waals surface area contributed by atoms with Crippen LogP contribution >= 0.6 is 0 Å². The van der Waals surface area contributed by atoms with E-state index in [4.69, 9.17) is 0 Å². The normalized spacial score (nSPS) is 20.4. The van der Waals surface area contributed by atoms with E-state index >= 15 is 0 Å². The largest absolute Gasteiger partial charge is 0.303 e. The highest BCUT2D eigenvalue weighted by molar-refractivity contribution is 4.83. The maximum Gasteiger partial charge on any atom is 0.00159 e. The van der Waals surface area contributed by atoms with Crippen LogP contribution in [0, 0.1) is 6.92 Å². The Morgan fingerprint density at radius 1 is 1.08 bits per heavy atom. The third-order valence-corrected chi connectivity index (χ3v) is 2.39. The first kappa shape index (κ1) is 9.79. The van der Waals surface area contributed by atoms with Crippen LogP contribution in [0.1, 0.15) is 32.1 Å². The average Bonchev–Trinajstić information content (AvgIpc) is 2.14. The van der Waals surface area contributed by atoms with E-state index in [0.717, 1.165) is 6.42 Å². The summed E-state index contributed by atoms with van der Waals surface area (Å²) in [5.41, 5.74) is 0. The van der Waals surface area contributed by atoms with Gasteiger partial charge < -0.3 is 4.90 Å². The maximum absolute atomic E-state index is 3.77. The van der Waals surface area contributed by atoms with E-state index in [1.54, 1.807) is 0 Å². The van der Waals surface area contributed by atoms with Gasteiger partial charge in [-0.2, -0.15) is 0 Å². The second-order valence-corrected chi connectivity index (χ2v) is 3.45. The first-order valence-electron chi connectivity index (χ1n) is 5.10. The molecule has 0 amide bonds. The van der Waals surface area contributed by atoms with Gasteiger partial charge in [0.15, 0.2) is 0 Å². The van der Waals surface area contributed by atoms with Gasteiger partial charge in [0.1, 0.15) is 0 Å². The summed E-state index contributed by atoms with van der Waals surface area (Å²) < 4.78 is 0. The summed E-state index contributed by atoms with van der Waals surface area (Å²) in [6.45, 7) is 7.65. The molecule has 1 heteroatoms. The Morgan fingerprint density at radius 2 is 1.83 bits per heavy atom. The molecule has 1 nitrogen and oxygen atoms in total. The summed E-state index contributed by atoms with van der Waals surface area (Å²) in [6.07, 6.45) is 10.8. The number of hydrogen-bond acceptors (Lipinski definition) is 1. The fourth-order valence-corrected chi connectivity index (χ4v) is 1.68. The molecule has 12 heavy (non-hydrogen) atoms. The molecule has 1 radical (unpaired) electrons. The van der Waals surface area contributed by atoms with Crippen LogP contribution in [0.2, 0.25) is 0 Å². The lowest BCUT2D eigenvalue weighted by atomic mass is 10.1. The van der Waals surface area contributed by atoms with E-state index < -0.39 is 0 Å². The Morgan fingerprint density at radius 3 is 2.50 bits per heavy atom. The molecule has 0 aromatic rings. The molecule has 1 aliphatic heterocycles. The lowest BCUT2D eigenvalue weighted by Crippen LogP contribution is -2.30. The predicted molar refractivity (Wildman–Crippen MR) is 54.0 cm³/mol. The summed E-state index contributed by atoms with van der Waals surface area (Å²) in [4.78, 5) is 2.57. The first-order valence-corrected chi connectivity index (χ1v) is 5.10. The minimum Gasteiger partial charge on any atom is -0.303 e. The van der Waals surface area contributed by atoms with E-state index in [1.165, 1.54) is 45.3 Å². The van der Waals surface area contributed by atoms with Gasteiger partial charge in [0.25, 0.3) is 0 Å². The highest BCUT2D eigenvalue weighted by Gasteiger charge is 2.07. The zero-order valence-corrected chi connectivity index (χ0v) is 7.97. The van der Waals surface area contributed by atoms with Gasteiger partial charge >= 0.3 is 0 Å². The molecule has 0 aromatic carbocycles. The van der Waals surface area contributed by atoms with Crippen molar-refractivity contribution >= 4 is 0 Å². The van der Waals surface area contributed by atoms with Gasteiger partial charge in [-0.05, 0) is 45.7 Å². The summed E-state index contributed by atoms with van der Waals surface area (Å²) in [5, 5.41) is 0. The molecule has 0 bridgehead atoms. The number of rotatable bonds is 4. The van der Waals surface area contributed by atoms with Gasteiger partial charge in [-0.15, -0.1) is 0 Å². The molecular weight excluding hydrogens is 146 g/mol. The van der Waals surface area contributed by atoms with Crippen molar-refractivity contribution in [2.24, 2.45) is 0 Å². The van der Waals surface area contributed by atoms with Crippen molar-refractivity contribution in [1.82, 2.24) is 4.90 Å². The van der Waals surface area contributed by atoms with Crippen LogP contribution in [-0.4, -0.2) is 24.5 Å². The number of nitrogens with zero attached hydrogens (tertiary/aromatic N) is 1. The van der Waals surface area contributed by atoms with E-state index in [0.29, 0.717) is 0 Å². The van der Waals surface area contributed by atoms with Crippen LogP contribution in [0.5, 0.6) is 0 Å². The fraction of sp³-hybridized carbons (Fsp3) is 0.727. The lowest BCUT2D eigenvalue weighted by molar-refractivity contribution is 0.233. The molecule has 0 aliphatic carbocycles. The molecule has 1 aliphatic rings. The van der Waals surface area contributed by atoms with Crippen LogP contribution < -0.4 is 0 Å². The first-order chi connectivity index (χ1) is 5.93. The molecule has 1 fully saturated rings. The predicted octanol–water partition coefficient (Wildman–Crippen LogP) is 2.64. The summed E-state index contributed by atoms with van der Waals surface area (Å²) in [6, 6.07) is 0. The third-order valence-electron chi connectivity index (χ3n) is 2.39. The van der Waals surface area contributed by atoms with Crippen molar-refractivity contribution in [2.45, 2.75) is 32.1 Å². The van der Waals surface area contributed by atoms with Crippen molar-refractivity contribution < 1.29 is 0 Å². The monoisotopic (exact) mass is 166 g/mol. The SMILES string of the molecule is [CH2]C/C=C/CCN1CCCCC1. The second-order valence-electron chi connectivity index (χ2n) is 3.45. The highest BCUT2D eigenvalue weighted by Crippen LogP contribution is 2.08. The summed E-state index contributed by atoms with van der Waals surface area (Å²) >= 11 is 0. The minimum atomic E-state index is 0.931. The van der Waals surface area contributed by atoms with Gasteiger partial charge in [0.05, 0.1) is 0 Å². The average molecular weight is 166 g/mol. The van der Waals surface area contributed by atoms with Gasteiger partial charge in [-0.25, -0.2) is 0 Å². The molecule has 1 rings (SSSR count). The number of likely N-dealkylation sites (tertiary alicyclic amines) is 1. The number of allylic oxidation sites excluding steroid dienone is 1. The van der Waals surface area contributed by atoms with E-state index in [1.807, 2.05) is 0 Å². The molecule has 69 valence electrons. The second kappa shape index (κ2) is 6.24. The number of piperidine rings is 1. The molecule has 0 unspecified atom stereocenters. The molecule has 0 saturated carbocycles. The Labute approximate surface area is 76.5 Å². The quantitative estimate of drug-likeness (QED) is 0.580. The Balaban J connectivity index is 2.01. The van der Waals surface area contributed by atoms with Crippen LogP contribution in [-0.2, 0) is 0 Å². The lowest BCUT2D eigenvalue weighted by Gasteiger charge is -2.25. The fourth-order valence-electron chi connectivity index (χ4n) is 1.68. The Hall–Kier alpha value is -0.300. The van der Waals surface area contributed by atoms with Crippen LogP contribution in [0.3, 0.4) is 0 Å². The zero-order valence-electron chi connectivity index (χ0n) is 7.97. The molecule has 0 spiro atoms. The van der Waals surface area contributed by atoms with E-state index in [9.17, 15) is 0 Å².